The largest absolute Gasteiger partial charge is 0.496 e. The Kier molecular flexibility index (Phi) is 10.4. The Labute approximate surface area is 283 Å². The molecule has 2 aromatic heterocycles. The van der Waals surface area contributed by atoms with Crippen LogP contribution >= 0.6 is 0 Å². The maximum absolute atomic E-state index is 14.4. The molecule has 0 spiro atoms. The molecule has 2 saturated carbocycles. The molecule has 256 valence electrons. The third-order valence-electron chi connectivity index (χ3n) is 10.2. The molecule has 11 heteroatoms. The second-order valence-electron chi connectivity index (χ2n) is 13.9. The number of β-amino-alcohol motifs (C(OH)–C–C–N with tert-alkyl or cyclic N) is 1. The van der Waals surface area contributed by atoms with Gasteiger partial charge in [0.25, 0.3) is 0 Å². The zero-order valence-electron chi connectivity index (χ0n) is 28.5. The van der Waals surface area contributed by atoms with Crippen LogP contribution in [0.4, 0.5) is 16.6 Å². The molecule has 0 atom stereocenters. The summed E-state index contributed by atoms with van der Waals surface area (Å²) in [6.45, 7) is 3.35. The average molecular weight is 657 g/mol. The van der Waals surface area contributed by atoms with E-state index in [2.05, 4.69) is 35.1 Å². The number of pyridine rings is 1. The van der Waals surface area contributed by atoms with Crippen molar-refractivity contribution >= 4 is 23.8 Å². The molecule has 0 radical (unpaired) electrons. The van der Waals surface area contributed by atoms with Crippen molar-refractivity contribution in [2.24, 2.45) is 11.8 Å². The van der Waals surface area contributed by atoms with E-state index in [4.69, 9.17) is 14.5 Å². The van der Waals surface area contributed by atoms with E-state index in [9.17, 15) is 14.7 Å². The minimum Gasteiger partial charge on any atom is -0.496 e. The molecule has 48 heavy (non-hydrogen) atoms. The zero-order chi connectivity index (χ0) is 33.8. The number of hydrogen-bond acceptors (Lipinski definition) is 9. The summed E-state index contributed by atoms with van der Waals surface area (Å²) < 4.78 is 11.2. The molecule has 3 aromatic rings. The van der Waals surface area contributed by atoms with Crippen LogP contribution in [0.1, 0.15) is 68.4 Å². The number of benzene rings is 1. The van der Waals surface area contributed by atoms with Crippen LogP contribution in [0.2, 0.25) is 0 Å². The van der Waals surface area contributed by atoms with Gasteiger partial charge in [-0.1, -0.05) is 12.1 Å². The van der Waals surface area contributed by atoms with Gasteiger partial charge in [0.05, 0.1) is 26.3 Å². The molecule has 11 nitrogen and oxygen atoms in total. The lowest BCUT2D eigenvalue weighted by atomic mass is 9.78. The van der Waals surface area contributed by atoms with Crippen molar-refractivity contribution in [3.05, 3.63) is 60.0 Å². The molecule has 1 saturated heterocycles. The van der Waals surface area contributed by atoms with Crippen LogP contribution in [0, 0.1) is 18.8 Å². The maximum atomic E-state index is 14.4. The number of nitrogens with zero attached hydrogens (tertiary/aromatic N) is 6. The first-order chi connectivity index (χ1) is 23.2. The lowest BCUT2D eigenvalue weighted by Gasteiger charge is -2.38. The summed E-state index contributed by atoms with van der Waals surface area (Å²) in [5.74, 6) is 2.97. The Balaban J connectivity index is 1.15. The highest BCUT2D eigenvalue weighted by atomic mass is 16.6. The lowest BCUT2D eigenvalue weighted by Crippen LogP contribution is -2.54. The summed E-state index contributed by atoms with van der Waals surface area (Å²) in [4.78, 5) is 45.8. The van der Waals surface area contributed by atoms with Crippen molar-refractivity contribution in [1.29, 1.82) is 0 Å². The van der Waals surface area contributed by atoms with E-state index in [-0.39, 0.29) is 24.0 Å². The van der Waals surface area contributed by atoms with Gasteiger partial charge in [0.2, 0.25) is 11.9 Å². The molecule has 6 rings (SSSR count). The third-order valence-corrected chi connectivity index (χ3v) is 10.2. The van der Waals surface area contributed by atoms with E-state index in [1.165, 1.54) is 10.5 Å². The lowest BCUT2D eigenvalue weighted by molar-refractivity contribution is -0.124. The number of aryl methyl sites for hydroxylation is 1. The number of amides is 2. The topological polar surface area (TPSA) is 121 Å². The molecular weight excluding hydrogens is 608 g/mol. The van der Waals surface area contributed by atoms with Crippen molar-refractivity contribution < 1.29 is 24.2 Å². The van der Waals surface area contributed by atoms with Crippen LogP contribution in [-0.2, 0) is 9.53 Å². The van der Waals surface area contributed by atoms with E-state index in [0.717, 1.165) is 48.1 Å². The van der Waals surface area contributed by atoms with Gasteiger partial charge in [0.1, 0.15) is 17.7 Å². The first-order valence-corrected chi connectivity index (χ1v) is 17.2. The number of aromatic nitrogens is 3. The number of carbonyl (C=O) groups is 2. The Bertz CT molecular complexity index is 1560. The second kappa shape index (κ2) is 14.9. The van der Waals surface area contributed by atoms with Gasteiger partial charge in [0.15, 0.2) is 0 Å². The SMILES string of the molecule is COc1ccc(C2CCC(CN(C(=O)C3CCC(OC(=O)N4CC(O)C4)CC3)c3cc(-c4cnc(N(C)C)nc4)ccn3)CC2)cc1C. The van der Waals surface area contributed by atoms with E-state index < -0.39 is 6.10 Å². The summed E-state index contributed by atoms with van der Waals surface area (Å²) >= 11 is 0. The van der Waals surface area contributed by atoms with Crippen molar-refractivity contribution in [2.45, 2.75) is 76.4 Å². The molecular formula is C37H48N6O5. The minimum absolute atomic E-state index is 0.0856. The fourth-order valence-corrected chi connectivity index (χ4v) is 7.30. The molecule has 2 amide bonds. The fourth-order valence-electron chi connectivity index (χ4n) is 7.30. The first-order valence-electron chi connectivity index (χ1n) is 17.2. The zero-order valence-corrected chi connectivity index (χ0v) is 28.5. The van der Waals surface area contributed by atoms with Crippen LogP contribution in [0.5, 0.6) is 5.75 Å². The van der Waals surface area contributed by atoms with Crippen molar-refractivity contribution in [3.8, 4) is 16.9 Å². The number of carbonyl (C=O) groups excluding carboxylic acids is 2. The van der Waals surface area contributed by atoms with Crippen LogP contribution in [0.15, 0.2) is 48.9 Å². The molecule has 2 aliphatic carbocycles. The number of methoxy groups -OCH3 is 1. The van der Waals surface area contributed by atoms with Gasteiger partial charge in [-0.3, -0.25) is 9.69 Å². The quantitative estimate of drug-likeness (QED) is 0.314. The summed E-state index contributed by atoms with van der Waals surface area (Å²) in [7, 11) is 5.52. The van der Waals surface area contributed by atoms with Crippen LogP contribution in [0.3, 0.4) is 0 Å². The number of hydrogen-bond donors (Lipinski definition) is 1. The molecule has 3 fully saturated rings. The molecule has 0 unspecified atom stereocenters. The highest BCUT2D eigenvalue weighted by Gasteiger charge is 2.36. The predicted molar refractivity (Wildman–Crippen MR) is 184 cm³/mol. The highest BCUT2D eigenvalue weighted by molar-refractivity contribution is 5.94. The first kappa shape index (κ1) is 33.6. The van der Waals surface area contributed by atoms with E-state index in [1.54, 1.807) is 25.7 Å². The number of aliphatic hydroxyl groups excluding tert-OH is 1. The van der Waals surface area contributed by atoms with Crippen LogP contribution < -0.4 is 14.5 Å². The van der Waals surface area contributed by atoms with E-state index >= 15 is 0 Å². The second-order valence-corrected chi connectivity index (χ2v) is 13.9. The molecule has 1 aromatic carbocycles. The molecule has 0 bridgehead atoms. The fraction of sp³-hybridized carbons (Fsp3) is 0.541. The highest BCUT2D eigenvalue weighted by Crippen LogP contribution is 2.39. The molecule has 3 aliphatic rings. The Morgan fingerprint density at radius 2 is 1.62 bits per heavy atom. The number of ether oxygens (including phenoxy) is 2. The van der Waals surface area contributed by atoms with E-state index in [0.29, 0.717) is 68.9 Å². The minimum atomic E-state index is -0.462. The predicted octanol–water partition coefficient (Wildman–Crippen LogP) is 5.60. The van der Waals surface area contributed by atoms with Gasteiger partial charge in [0, 0.05) is 50.7 Å². The maximum Gasteiger partial charge on any atom is 0.410 e. The van der Waals surface area contributed by atoms with Crippen LogP contribution in [0.25, 0.3) is 11.1 Å². The van der Waals surface area contributed by atoms with Crippen molar-refractivity contribution in [3.63, 3.8) is 0 Å². The Hall–Kier alpha value is -4.25. The Morgan fingerprint density at radius 3 is 2.25 bits per heavy atom. The number of likely N-dealkylation sites (tertiary alicyclic amines) is 1. The van der Waals surface area contributed by atoms with Crippen molar-refractivity contribution in [2.75, 3.05) is 50.6 Å². The van der Waals surface area contributed by atoms with Gasteiger partial charge in [-0.05, 0) is 105 Å². The standard InChI is InChI=1S/C37H48N6O5/c1-24-17-28(11-14-33(24)47-4)26-7-5-25(6-8-26)21-43(34-18-29(15-16-38-34)30-19-39-36(40-20-30)41(2)3)35(45)27-9-12-32(13-10-27)48-37(46)42-22-31(44)23-42/h11,14-20,25-27,31-32,44H,5-10,12-13,21-23H2,1-4H3. The third kappa shape index (κ3) is 7.72. The average Bonchev–Trinajstić information content (AvgIpc) is 3.09. The number of anilines is 2. The summed E-state index contributed by atoms with van der Waals surface area (Å²) in [5, 5.41) is 9.53. The molecule has 1 aliphatic heterocycles. The summed E-state index contributed by atoms with van der Waals surface area (Å²) in [6.07, 6.45) is 11.1. The monoisotopic (exact) mass is 656 g/mol. The van der Waals surface area contributed by atoms with Gasteiger partial charge in [-0.15, -0.1) is 0 Å². The number of aliphatic hydroxyl groups is 1. The summed E-state index contributed by atoms with van der Waals surface area (Å²) in [6, 6.07) is 10.4. The smallest absolute Gasteiger partial charge is 0.410 e. The van der Waals surface area contributed by atoms with E-state index in [1.807, 2.05) is 36.0 Å². The number of rotatable bonds is 9. The van der Waals surface area contributed by atoms with Gasteiger partial charge < -0.3 is 24.4 Å². The normalized spacial score (nSPS) is 22.8. The summed E-state index contributed by atoms with van der Waals surface area (Å²) in [5.41, 5.74) is 4.29. The molecule has 1 N–H and O–H groups in total. The van der Waals surface area contributed by atoms with Gasteiger partial charge in [-0.2, -0.15) is 0 Å². The van der Waals surface area contributed by atoms with Gasteiger partial charge >= 0.3 is 6.09 Å². The molecule has 3 heterocycles. The van der Waals surface area contributed by atoms with Crippen molar-refractivity contribution in [1.82, 2.24) is 19.9 Å². The Morgan fingerprint density at radius 1 is 0.917 bits per heavy atom. The van der Waals surface area contributed by atoms with Crippen LogP contribution in [-0.4, -0.2) is 90.0 Å². The van der Waals surface area contributed by atoms with Gasteiger partial charge in [-0.25, -0.2) is 19.7 Å².